The Morgan fingerprint density at radius 2 is 1.23 bits per heavy atom. The number of aliphatic carboxylic acids is 1. The molecule has 0 radical (unpaired) electrons. The monoisotopic (exact) mass is 988 g/mol. The fourth-order valence-electron chi connectivity index (χ4n) is 15.2. The third kappa shape index (κ3) is 8.25. The Labute approximate surface area is 400 Å². The molecule has 4 saturated carbocycles. The van der Waals surface area contributed by atoms with Gasteiger partial charge >= 0.3 is 11.9 Å². The van der Waals surface area contributed by atoms with Crippen molar-refractivity contribution < 1.29 is 104 Å². The Morgan fingerprint density at radius 1 is 0.652 bits per heavy atom. The topological polar surface area (TPSA) is 353 Å². The molecule has 3 aliphatic heterocycles. The first-order chi connectivity index (χ1) is 32.2. The van der Waals surface area contributed by atoms with E-state index in [1.54, 1.807) is 6.92 Å². The molecule has 0 spiro atoms. The van der Waals surface area contributed by atoms with Gasteiger partial charge in [0.15, 0.2) is 18.7 Å². The SMILES string of the molecule is CC1(C)CC[C@]2(C(=O)O[C@@H]3O[C@H](CO)[C@@H](O)[C@H](O)[C@H]3O)CC[C@]3(C)C(=CC[C@@H]4[C@@]5(C)C[C@H](O)[C@H](O[C@@H]6O[C@H](C(=O)O)[C@@H](O)[C@H](O[C@@H]7O[C@H](CO)[C@H](O)[C@H](O)[C@H]7O)[C@H]6O)[C@@](C)(CO)[C@@H]5CC[C@]43C)[C@@H]2C1. The highest BCUT2D eigenvalue weighted by Crippen LogP contribution is 2.76. The molecule has 3 saturated heterocycles. The van der Waals surface area contributed by atoms with Crippen molar-refractivity contribution in [2.75, 3.05) is 19.8 Å². The fourth-order valence-corrected chi connectivity index (χ4v) is 15.2. The lowest BCUT2D eigenvalue weighted by Gasteiger charge is -2.72. The minimum Gasteiger partial charge on any atom is -0.479 e. The average Bonchev–Trinajstić information content (AvgIpc) is 3.29. The first kappa shape index (κ1) is 53.3. The summed E-state index contributed by atoms with van der Waals surface area (Å²) in [7, 11) is 0. The number of hydrogen-bond donors (Lipinski definition) is 13. The van der Waals surface area contributed by atoms with E-state index < -0.39 is 163 Å². The normalized spacial score (nSPS) is 53.9. The zero-order valence-electron chi connectivity index (χ0n) is 40.2. The Kier molecular flexibility index (Phi) is 14.5. The van der Waals surface area contributed by atoms with Gasteiger partial charge in [0.2, 0.25) is 6.29 Å². The van der Waals surface area contributed by atoms with Crippen molar-refractivity contribution >= 4 is 11.9 Å². The minimum absolute atomic E-state index is 0.0662. The summed E-state index contributed by atoms with van der Waals surface area (Å²) >= 11 is 0. The van der Waals surface area contributed by atoms with Gasteiger partial charge < -0.3 is 94.8 Å². The lowest BCUT2D eigenvalue weighted by atomic mass is 9.33. The standard InChI is InChI=1S/C48H76O21/c1-43(2)11-13-48(42(63)69-40-32(58)30(56)28(54)24(18-50)65-40)14-12-46(5)20(21(48)15-43)7-8-26-44(3)16-22(52)37(45(4,19-51)25(44)9-10-47(26,46)6)68-41-34(60)35(33(59)36(67-41)38(61)62)66-39-31(57)29(55)27(53)23(17-49)64-39/h7,21-37,39-41,49-60H,8-19H2,1-6H3,(H,61,62)/t21-,22-,23+,24+,25+,26+,27-,28+,29-,30-,31+,32+,33-,34+,35-,36-,37-,39-,40-,41-,44-,45-,46+,47+,48-/m0/s1. The molecule has 5 aliphatic carbocycles. The van der Waals surface area contributed by atoms with E-state index in [1.165, 1.54) is 0 Å². The molecule has 25 atom stereocenters. The summed E-state index contributed by atoms with van der Waals surface area (Å²) in [5, 5.41) is 139. The number of esters is 1. The second-order valence-electron chi connectivity index (χ2n) is 23.5. The number of carbonyl (C=O) groups excluding carboxylic acids is 1. The number of aliphatic hydroxyl groups is 12. The van der Waals surface area contributed by atoms with Crippen LogP contribution in [0, 0.1) is 50.2 Å². The van der Waals surface area contributed by atoms with Crippen molar-refractivity contribution in [3.63, 3.8) is 0 Å². The van der Waals surface area contributed by atoms with Gasteiger partial charge in [0, 0.05) is 5.41 Å². The molecule has 0 amide bonds. The lowest BCUT2D eigenvalue weighted by molar-refractivity contribution is -0.371. The van der Waals surface area contributed by atoms with E-state index in [4.69, 9.17) is 28.4 Å². The van der Waals surface area contributed by atoms with Crippen molar-refractivity contribution in [2.45, 2.75) is 204 Å². The van der Waals surface area contributed by atoms with Gasteiger partial charge in [0.05, 0.1) is 37.4 Å². The molecule has 394 valence electrons. The first-order valence-corrected chi connectivity index (χ1v) is 24.6. The van der Waals surface area contributed by atoms with E-state index in [0.29, 0.717) is 44.9 Å². The molecule has 8 rings (SSSR count). The van der Waals surface area contributed by atoms with Gasteiger partial charge in [-0.1, -0.05) is 53.2 Å². The maximum atomic E-state index is 14.7. The van der Waals surface area contributed by atoms with Crippen molar-refractivity contribution in [3.05, 3.63) is 11.6 Å². The lowest BCUT2D eigenvalue weighted by Crippen LogP contribution is -2.70. The Bertz CT molecular complexity index is 1930. The van der Waals surface area contributed by atoms with Crippen LogP contribution in [0.3, 0.4) is 0 Å². The third-order valence-corrected chi connectivity index (χ3v) is 19.4. The van der Waals surface area contributed by atoms with Crippen LogP contribution >= 0.6 is 0 Å². The van der Waals surface area contributed by atoms with Gasteiger partial charge in [-0.15, -0.1) is 0 Å². The van der Waals surface area contributed by atoms with Crippen molar-refractivity contribution in [1.82, 2.24) is 0 Å². The fraction of sp³-hybridized carbons (Fsp3) is 0.917. The Balaban J connectivity index is 1.06. The molecule has 0 unspecified atom stereocenters. The quantitative estimate of drug-likeness (QED) is 0.0651. The average molecular weight is 989 g/mol. The maximum Gasteiger partial charge on any atom is 0.335 e. The molecule has 8 aliphatic rings. The maximum absolute atomic E-state index is 14.7. The third-order valence-electron chi connectivity index (χ3n) is 19.4. The molecular formula is C48H76O21. The number of aliphatic hydroxyl groups excluding tert-OH is 12. The summed E-state index contributed by atoms with van der Waals surface area (Å²) in [6, 6.07) is 0. The summed E-state index contributed by atoms with van der Waals surface area (Å²) < 4.78 is 34.8. The summed E-state index contributed by atoms with van der Waals surface area (Å²) in [5.41, 5.74) is -2.71. The number of allylic oxidation sites excluding steroid dienone is 2. The zero-order chi connectivity index (χ0) is 50.7. The van der Waals surface area contributed by atoms with Gasteiger partial charge in [0.1, 0.15) is 67.1 Å². The van der Waals surface area contributed by atoms with E-state index in [9.17, 15) is 76.0 Å². The van der Waals surface area contributed by atoms with Crippen LogP contribution in [0.2, 0.25) is 0 Å². The summed E-state index contributed by atoms with van der Waals surface area (Å²) in [6.45, 7) is 10.8. The molecule has 69 heavy (non-hydrogen) atoms. The number of fused-ring (bicyclic) bond motifs is 7. The summed E-state index contributed by atoms with van der Waals surface area (Å²) in [6.07, 6.45) is -22.2. The van der Waals surface area contributed by atoms with Crippen LogP contribution in [-0.4, -0.2) is 202 Å². The smallest absolute Gasteiger partial charge is 0.335 e. The molecular weight excluding hydrogens is 913 g/mol. The van der Waals surface area contributed by atoms with Crippen LogP contribution in [0.1, 0.15) is 99.3 Å². The molecule has 0 aromatic carbocycles. The van der Waals surface area contributed by atoms with Crippen LogP contribution in [0.5, 0.6) is 0 Å². The summed E-state index contributed by atoms with van der Waals surface area (Å²) in [4.78, 5) is 27.1. The number of hydrogen-bond acceptors (Lipinski definition) is 20. The van der Waals surface area contributed by atoms with Crippen LogP contribution in [-0.2, 0) is 38.0 Å². The van der Waals surface area contributed by atoms with Crippen molar-refractivity contribution in [2.24, 2.45) is 50.2 Å². The molecule has 21 heteroatoms. The van der Waals surface area contributed by atoms with Gasteiger partial charge in [-0.05, 0) is 97.2 Å². The second kappa shape index (κ2) is 18.7. The molecule has 21 nitrogen and oxygen atoms in total. The Hall–Kier alpha value is -2.00. The predicted octanol–water partition coefficient (Wildman–Crippen LogP) is -1.82. The van der Waals surface area contributed by atoms with Crippen LogP contribution in [0.15, 0.2) is 11.6 Å². The minimum atomic E-state index is -2.09. The van der Waals surface area contributed by atoms with E-state index in [-0.39, 0.29) is 29.6 Å². The van der Waals surface area contributed by atoms with Crippen LogP contribution in [0.25, 0.3) is 0 Å². The molecule has 7 fully saturated rings. The van der Waals surface area contributed by atoms with Gasteiger partial charge in [0.25, 0.3) is 0 Å². The number of rotatable bonds is 10. The van der Waals surface area contributed by atoms with E-state index >= 15 is 0 Å². The van der Waals surface area contributed by atoms with E-state index in [2.05, 4.69) is 40.7 Å². The highest BCUT2D eigenvalue weighted by molar-refractivity contribution is 5.79. The Morgan fingerprint density at radius 3 is 1.83 bits per heavy atom. The first-order valence-electron chi connectivity index (χ1n) is 24.6. The molecule has 0 aromatic heterocycles. The van der Waals surface area contributed by atoms with Crippen molar-refractivity contribution in [3.8, 4) is 0 Å². The van der Waals surface area contributed by atoms with E-state index in [1.807, 2.05) is 0 Å². The van der Waals surface area contributed by atoms with Gasteiger partial charge in [-0.3, -0.25) is 4.79 Å². The predicted molar refractivity (Wildman–Crippen MR) is 234 cm³/mol. The second-order valence-corrected chi connectivity index (χ2v) is 23.5. The molecule has 3 heterocycles. The summed E-state index contributed by atoms with van der Waals surface area (Å²) in [5.74, 6) is -2.88. The number of carboxylic acids is 1. The zero-order valence-corrected chi connectivity index (χ0v) is 40.2. The largest absolute Gasteiger partial charge is 0.479 e. The van der Waals surface area contributed by atoms with E-state index in [0.717, 1.165) is 12.0 Å². The highest BCUT2D eigenvalue weighted by atomic mass is 16.7. The number of ether oxygens (including phenoxy) is 6. The van der Waals surface area contributed by atoms with Crippen LogP contribution < -0.4 is 0 Å². The molecule has 13 N–H and O–H groups in total. The van der Waals surface area contributed by atoms with Gasteiger partial charge in [-0.25, -0.2) is 4.79 Å². The molecule has 0 aromatic rings. The van der Waals surface area contributed by atoms with Crippen LogP contribution in [0.4, 0.5) is 0 Å². The van der Waals surface area contributed by atoms with Gasteiger partial charge in [-0.2, -0.15) is 0 Å². The number of carbonyl (C=O) groups is 2. The highest BCUT2D eigenvalue weighted by Gasteiger charge is 2.72. The number of carboxylic acid groups (broad SMARTS) is 1. The molecule has 0 bridgehead atoms. The van der Waals surface area contributed by atoms with Crippen molar-refractivity contribution in [1.29, 1.82) is 0 Å².